The van der Waals surface area contributed by atoms with Gasteiger partial charge in [0.1, 0.15) is 6.10 Å². The molecule has 0 amide bonds. The molecule has 3 heteroatoms. The minimum atomic E-state index is -0.119. The topological polar surface area (TPSA) is 46.5 Å². The third kappa shape index (κ3) is 5.21. The van der Waals surface area contributed by atoms with Crippen LogP contribution in [0.4, 0.5) is 0 Å². The summed E-state index contributed by atoms with van der Waals surface area (Å²) in [6.07, 6.45) is 18.3. The highest BCUT2D eigenvalue weighted by Crippen LogP contribution is 2.67. The van der Waals surface area contributed by atoms with Crippen molar-refractivity contribution in [2.75, 3.05) is 0 Å². The smallest absolute Gasteiger partial charge is 0.306 e. The summed E-state index contributed by atoms with van der Waals surface area (Å²) in [5.74, 6) is 4.57. The van der Waals surface area contributed by atoms with Gasteiger partial charge < -0.3 is 9.84 Å². The maximum Gasteiger partial charge on any atom is 0.306 e. The number of ether oxygens (including phenoxy) is 1. The molecule has 0 heterocycles. The summed E-state index contributed by atoms with van der Waals surface area (Å²) in [7, 11) is 0. The van der Waals surface area contributed by atoms with Crippen molar-refractivity contribution in [3.63, 3.8) is 0 Å². The number of aliphatic hydroxyl groups is 1. The Morgan fingerprint density at radius 1 is 1.03 bits per heavy atom. The highest BCUT2D eigenvalue weighted by molar-refractivity contribution is 5.69. The fourth-order valence-corrected chi connectivity index (χ4v) is 10.5. The van der Waals surface area contributed by atoms with E-state index in [1.54, 1.807) is 5.57 Å². The summed E-state index contributed by atoms with van der Waals surface area (Å²) in [5.41, 5.74) is 2.68. The molecule has 5 rings (SSSR count). The number of hydrogen-bond donors (Lipinski definition) is 1. The molecular weight excluding hydrogens is 456 g/mol. The van der Waals surface area contributed by atoms with Crippen LogP contribution in [-0.2, 0) is 9.53 Å². The monoisotopic (exact) mass is 512 g/mol. The lowest BCUT2D eigenvalue weighted by Gasteiger charge is -2.58. The molecule has 0 radical (unpaired) electrons. The molecule has 0 aliphatic heterocycles. The zero-order chi connectivity index (χ0) is 26.6. The molecule has 4 fully saturated rings. The minimum Gasteiger partial charge on any atom is -0.462 e. The molecule has 0 aromatic heterocycles. The molecule has 0 bridgehead atoms. The SMILES string of the molecule is C[C@H](CCC(=O)OC1CCC(C(C)(C)C)CC1)[C@H]1CC[C@H]2[C@@H]3CC=C4C[C@@H](O)CC[C@]4(C)[C@H]3CC[C@]12C. The summed E-state index contributed by atoms with van der Waals surface area (Å²) in [4.78, 5) is 12.8. The van der Waals surface area contributed by atoms with Gasteiger partial charge in [-0.25, -0.2) is 0 Å². The Hall–Kier alpha value is -0.830. The highest BCUT2D eigenvalue weighted by Gasteiger charge is 2.59. The van der Waals surface area contributed by atoms with Gasteiger partial charge in [-0.15, -0.1) is 0 Å². The molecular formula is C34H56O3. The van der Waals surface area contributed by atoms with Gasteiger partial charge in [0, 0.05) is 6.42 Å². The van der Waals surface area contributed by atoms with E-state index in [4.69, 9.17) is 4.74 Å². The second-order valence-corrected chi connectivity index (χ2v) is 15.7. The van der Waals surface area contributed by atoms with Gasteiger partial charge in [0.25, 0.3) is 0 Å². The number of fused-ring (bicyclic) bond motifs is 5. The Morgan fingerprint density at radius 3 is 2.46 bits per heavy atom. The molecule has 0 saturated heterocycles. The van der Waals surface area contributed by atoms with E-state index < -0.39 is 0 Å². The molecule has 0 spiro atoms. The quantitative estimate of drug-likeness (QED) is 0.297. The number of esters is 1. The van der Waals surface area contributed by atoms with E-state index in [2.05, 4.69) is 47.6 Å². The molecule has 5 aliphatic rings. The zero-order valence-electron chi connectivity index (χ0n) is 24.9. The second kappa shape index (κ2) is 10.3. The van der Waals surface area contributed by atoms with Crippen molar-refractivity contribution >= 4 is 5.97 Å². The van der Waals surface area contributed by atoms with Crippen molar-refractivity contribution < 1.29 is 14.6 Å². The van der Waals surface area contributed by atoms with Crippen LogP contribution in [0.1, 0.15) is 131 Å². The molecule has 4 saturated carbocycles. The first-order valence-corrected chi connectivity index (χ1v) is 16.0. The average Bonchev–Trinajstić information content (AvgIpc) is 3.20. The molecule has 0 unspecified atom stereocenters. The van der Waals surface area contributed by atoms with Crippen molar-refractivity contribution in [3.8, 4) is 0 Å². The Kier molecular flexibility index (Phi) is 7.71. The van der Waals surface area contributed by atoms with Gasteiger partial charge >= 0.3 is 5.97 Å². The number of carbonyl (C=O) groups excluding carboxylic acids is 1. The Morgan fingerprint density at radius 2 is 1.76 bits per heavy atom. The summed E-state index contributed by atoms with van der Waals surface area (Å²) in [6, 6.07) is 0. The van der Waals surface area contributed by atoms with E-state index in [9.17, 15) is 9.90 Å². The van der Waals surface area contributed by atoms with Gasteiger partial charge in [0.2, 0.25) is 0 Å². The summed E-state index contributed by atoms with van der Waals surface area (Å²) in [6.45, 7) is 14.6. The van der Waals surface area contributed by atoms with Gasteiger partial charge in [-0.2, -0.15) is 0 Å². The predicted molar refractivity (Wildman–Crippen MR) is 151 cm³/mol. The molecule has 0 aromatic rings. The van der Waals surface area contributed by atoms with E-state index in [0.29, 0.717) is 28.6 Å². The first-order chi connectivity index (χ1) is 17.4. The molecule has 3 nitrogen and oxygen atoms in total. The normalized spacial score (nSPS) is 44.7. The van der Waals surface area contributed by atoms with Crippen LogP contribution in [-0.4, -0.2) is 23.3 Å². The van der Waals surface area contributed by atoms with Gasteiger partial charge in [0.15, 0.2) is 0 Å². The average molecular weight is 513 g/mol. The highest BCUT2D eigenvalue weighted by atomic mass is 16.5. The number of rotatable bonds is 5. The molecule has 210 valence electrons. The maximum atomic E-state index is 12.8. The van der Waals surface area contributed by atoms with Gasteiger partial charge in [-0.05, 0) is 135 Å². The third-order valence-corrected chi connectivity index (χ3v) is 12.8. The van der Waals surface area contributed by atoms with Crippen molar-refractivity contribution in [1.82, 2.24) is 0 Å². The van der Waals surface area contributed by atoms with E-state index in [-0.39, 0.29) is 18.2 Å². The molecule has 1 N–H and O–H groups in total. The lowest BCUT2D eigenvalue weighted by atomic mass is 9.47. The first kappa shape index (κ1) is 27.7. The first-order valence-electron chi connectivity index (χ1n) is 16.0. The van der Waals surface area contributed by atoms with Crippen LogP contribution in [0.5, 0.6) is 0 Å². The Labute approximate surface area is 227 Å². The second-order valence-electron chi connectivity index (χ2n) is 15.7. The van der Waals surface area contributed by atoms with Crippen LogP contribution < -0.4 is 0 Å². The summed E-state index contributed by atoms with van der Waals surface area (Å²) in [5, 5.41) is 10.3. The van der Waals surface area contributed by atoms with Crippen LogP contribution in [0.25, 0.3) is 0 Å². The lowest BCUT2D eigenvalue weighted by molar-refractivity contribution is -0.152. The van der Waals surface area contributed by atoms with Crippen molar-refractivity contribution in [3.05, 3.63) is 11.6 Å². The van der Waals surface area contributed by atoms with E-state index in [0.717, 1.165) is 61.7 Å². The number of carbonyl (C=O) groups is 1. The lowest BCUT2D eigenvalue weighted by Crippen LogP contribution is -2.50. The van der Waals surface area contributed by atoms with Crippen molar-refractivity contribution in [2.24, 2.45) is 51.8 Å². The molecule has 5 aliphatic carbocycles. The van der Waals surface area contributed by atoms with Gasteiger partial charge in [-0.3, -0.25) is 4.79 Å². The maximum absolute atomic E-state index is 12.8. The molecule has 0 aromatic carbocycles. The number of allylic oxidation sites excluding steroid dienone is 1. The molecule has 37 heavy (non-hydrogen) atoms. The Balaban J connectivity index is 1.15. The zero-order valence-corrected chi connectivity index (χ0v) is 24.9. The number of aliphatic hydroxyl groups excluding tert-OH is 1. The van der Waals surface area contributed by atoms with E-state index in [1.807, 2.05) is 0 Å². The minimum absolute atomic E-state index is 0.0480. The van der Waals surface area contributed by atoms with Gasteiger partial charge in [0.05, 0.1) is 6.10 Å². The summed E-state index contributed by atoms with van der Waals surface area (Å²) < 4.78 is 5.97. The standard InChI is InChI=1S/C34H56O3/c1-22(7-16-31(36)37-26-11-8-23(9-12-26)32(2,3)4)28-14-15-29-27-13-10-24-21-25(35)17-19-33(24,5)30(27)18-20-34(28,29)6/h10,22-23,25-30,35H,7-9,11-21H2,1-6H3/t22-,23?,25+,26?,27+,28-,29+,30+,33+,34-/m1/s1. The fourth-order valence-electron chi connectivity index (χ4n) is 10.5. The fraction of sp³-hybridized carbons (Fsp3) is 0.912. The van der Waals surface area contributed by atoms with Crippen molar-refractivity contribution in [2.45, 2.75) is 144 Å². The Bertz CT molecular complexity index is 861. The largest absolute Gasteiger partial charge is 0.462 e. The van der Waals surface area contributed by atoms with Crippen LogP contribution in [0.2, 0.25) is 0 Å². The van der Waals surface area contributed by atoms with Crippen LogP contribution in [0.15, 0.2) is 11.6 Å². The van der Waals surface area contributed by atoms with Crippen LogP contribution >= 0.6 is 0 Å². The van der Waals surface area contributed by atoms with Gasteiger partial charge in [-0.1, -0.05) is 53.2 Å². The number of hydrogen-bond acceptors (Lipinski definition) is 3. The third-order valence-electron chi connectivity index (χ3n) is 12.8. The molecule has 8 atom stereocenters. The van der Waals surface area contributed by atoms with E-state index in [1.165, 1.54) is 51.4 Å². The van der Waals surface area contributed by atoms with Crippen LogP contribution in [0.3, 0.4) is 0 Å². The summed E-state index contributed by atoms with van der Waals surface area (Å²) >= 11 is 0. The van der Waals surface area contributed by atoms with E-state index >= 15 is 0 Å². The van der Waals surface area contributed by atoms with Crippen LogP contribution in [0, 0.1) is 51.8 Å². The van der Waals surface area contributed by atoms with Crippen molar-refractivity contribution in [1.29, 1.82) is 0 Å². The predicted octanol–water partition coefficient (Wildman–Crippen LogP) is 8.49.